The third-order valence-corrected chi connectivity index (χ3v) is 1.53. The van der Waals surface area contributed by atoms with Crippen LogP contribution in [-0.2, 0) is 15.9 Å². The molecule has 0 aromatic heterocycles. The second-order valence-corrected chi connectivity index (χ2v) is 2.71. The van der Waals surface area contributed by atoms with Crippen molar-refractivity contribution in [1.82, 2.24) is 0 Å². The van der Waals surface area contributed by atoms with Crippen LogP contribution in [0.5, 0.6) is 11.5 Å². The van der Waals surface area contributed by atoms with Gasteiger partial charge < -0.3 is 20.7 Å². The summed E-state index contributed by atoms with van der Waals surface area (Å²) >= 11 is 0. The number of rotatable bonds is 4. The maximum atomic E-state index is 11.7. The van der Waals surface area contributed by atoms with E-state index >= 15 is 0 Å². The molecule has 0 saturated carbocycles. The van der Waals surface area contributed by atoms with Gasteiger partial charge in [0.2, 0.25) is 0 Å². The lowest BCUT2D eigenvalue weighted by molar-refractivity contribution is -0.144. The maximum Gasteiger partial charge on any atom is 0.323 e. The number of ether oxygens (including phenoxy) is 1. The minimum absolute atomic E-state index is 0.168. The molecule has 0 fully saturated rings. The van der Waals surface area contributed by atoms with E-state index in [9.17, 15) is 15.0 Å². The zero-order chi connectivity index (χ0) is 17.5. The number of benzene rings is 1. The molecule has 0 aliphatic rings. The Morgan fingerprint density at radius 3 is 3.00 bits per heavy atom. The molecule has 1 rings (SSSR count). The van der Waals surface area contributed by atoms with Gasteiger partial charge >= 0.3 is 5.97 Å². The number of phenols is 2. The molecule has 0 saturated heterocycles. The Morgan fingerprint density at radius 2 is 2.38 bits per heavy atom. The SMILES string of the molecule is [2H]c1c([2H])c(C([2H])([2H])C([2H])(N)C(=O)OCC)c([2H])c(O)c1O. The van der Waals surface area contributed by atoms with E-state index in [4.69, 9.17) is 14.0 Å². The number of esters is 1. The van der Waals surface area contributed by atoms with Gasteiger partial charge in [-0.1, -0.05) is 6.04 Å². The number of carbonyl (C=O) groups is 1. The van der Waals surface area contributed by atoms with Crippen LogP contribution in [0.15, 0.2) is 18.1 Å². The average molecular weight is 231 g/mol. The highest BCUT2D eigenvalue weighted by atomic mass is 16.5. The van der Waals surface area contributed by atoms with Gasteiger partial charge in [-0.15, -0.1) is 0 Å². The van der Waals surface area contributed by atoms with Gasteiger partial charge in [-0.25, -0.2) is 0 Å². The topological polar surface area (TPSA) is 92.8 Å². The van der Waals surface area contributed by atoms with Crippen molar-refractivity contribution in [3.63, 3.8) is 0 Å². The largest absolute Gasteiger partial charge is 0.504 e. The number of hydrogen-bond acceptors (Lipinski definition) is 5. The molecule has 1 atom stereocenters. The normalized spacial score (nSPS) is 20.4. The van der Waals surface area contributed by atoms with E-state index in [1.807, 2.05) is 0 Å². The van der Waals surface area contributed by atoms with Crippen molar-refractivity contribution in [2.75, 3.05) is 6.61 Å². The van der Waals surface area contributed by atoms with Crippen LogP contribution in [0.25, 0.3) is 0 Å². The molecule has 0 radical (unpaired) electrons. The first kappa shape index (κ1) is 6.10. The Balaban J connectivity index is 3.63. The molecule has 1 unspecified atom stereocenters. The van der Waals surface area contributed by atoms with E-state index in [1.54, 1.807) is 0 Å². The van der Waals surface area contributed by atoms with Crippen LogP contribution in [0, 0.1) is 0 Å². The van der Waals surface area contributed by atoms with Gasteiger partial charge in [0.05, 0.1) is 12.1 Å². The molecule has 16 heavy (non-hydrogen) atoms. The first-order valence-corrected chi connectivity index (χ1v) is 4.39. The van der Waals surface area contributed by atoms with E-state index < -0.39 is 53.5 Å². The highest BCUT2D eigenvalue weighted by Crippen LogP contribution is 2.25. The molecule has 1 aromatic rings. The van der Waals surface area contributed by atoms with Gasteiger partial charge in [-0.05, 0) is 30.9 Å². The second kappa shape index (κ2) is 5.37. The zero-order valence-corrected chi connectivity index (χ0v) is 8.50. The van der Waals surface area contributed by atoms with Gasteiger partial charge in [0.15, 0.2) is 11.5 Å². The van der Waals surface area contributed by atoms with Gasteiger partial charge in [0.25, 0.3) is 0 Å². The number of hydrogen-bond donors (Lipinski definition) is 3. The monoisotopic (exact) mass is 231 g/mol. The summed E-state index contributed by atoms with van der Waals surface area (Å²) in [6.45, 7) is 1.25. The molecular weight excluding hydrogens is 210 g/mol. The molecule has 0 amide bonds. The average Bonchev–Trinajstić information content (AvgIpc) is 2.43. The van der Waals surface area contributed by atoms with Crippen molar-refractivity contribution in [3.8, 4) is 11.5 Å². The fourth-order valence-electron chi connectivity index (χ4n) is 0.847. The first-order valence-electron chi connectivity index (χ1n) is 7.39. The predicted molar refractivity (Wildman–Crippen MR) is 58.1 cm³/mol. The van der Waals surface area contributed by atoms with Crippen molar-refractivity contribution in [2.45, 2.75) is 19.3 Å². The lowest BCUT2D eigenvalue weighted by atomic mass is 10.1. The molecule has 0 heterocycles. The van der Waals surface area contributed by atoms with E-state index in [2.05, 4.69) is 4.74 Å². The lowest BCUT2D eigenvalue weighted by Crippen LogP contribution is -2.34. The summed E-state index contributed by atoms with van der Waals surface area (Å²) in [5.74, 6) is -3.64. The van der Waals surface area contributed by atoms with Gasteiger partial charge in [0, 0.05) is 2.74 Å². The number of carbonyl (C=O) groups excluding carboxylic acids is 1. The molecule has 5 nitrogen and oxygen atoms in total. The smallest absolute Gasteiger partial charge is 0.323 e. The molecule has 1 aromatic carbocycles. The first-order chi connectivity index (χ1) is 9.91. The molecule has 5 heteroatoms. The summed E-state index contributed by atoms with van der Waals surface area (Å²) in [5.41, 5.74) is 4.42. The summed E-state index contributed by atoms with van der Waals surface area (Å²) in [6.07, 6.45) is -3.13. The third kappa shape index (κ3) is 3.13. The Kier molecular flexibility index (Phi) is 2.05. The molecular formula is C11H15NO4. The fourth-order valence-corrected chi connectivity index (χ4v) is 0.847. The van der Waals surface area contributed by atoms with E-state index in [-0.39, 0.29) is 6.61 Å². The van der Waals surface area contributed by atoms with Crippen molar-refractivity contribution in [1.29, 1.82) is 0 Å². The minimum Gasteiger partial charge on any atom is -0.504 e. The van der Waals surface area contributed by atoms with Crippen molar-refractivity contribution in [2.24, 2.45) is 5.73 Å². The zero-order valence-electron chi connectivity index (χ0n) is 14.5. The van der Waals surface area contributed by atoms with Crippen LogP contribution >= 0.6 is 0 Å². The standard InChI is InChI=1S/C11H15NO4/c1-2-16-11(15)8(12)5-7-3-4-9(13)10(14)6-7/h3-4,6,8,13-14H,2,5,12H2,1H3/i3D,4D,5D2,6D,8D. The van der Waals surface area contributed by atoms with Crippen molar-refractivity contribution >= 4 is 5.97 Å². The van der Waals surface area contributed by atoms with Crippen molar-refractivity contribution < 1.29 is 28.0 Å². The Labute approximate surface area is 102 Å². The Bertz CT molecular complexity index is 590. The van der Waals surface area contributed by atoms with Gasteiger partial charge in [-0.2, -0.15) is 0 Å². The summed E-state index contributed by atoms with van der Waals surface area (Å²) in [6, 6.07) is -5.97. The van der Waals surface area contributed by atoms with E-state index in [1.165, 1.54) is 6.92 Å². The highest BCUT2D eigenvalue weighted by Gasteiger charge is 2.15. The van der Waals surface area contributed by atoms with Crippen molar-refractivity contribution in [3.05, 3.63) is 23.7 Å². The summed E-state index contributed by atoms with van der Waals surface area (Å²) < 4.78 is 50.6. The fraction of sp³-hybridized carbons (Fsp3) is 0.364. The summed E-state index contributed by atoms with van der Waals surface area (Å²) in [5, 5.41) is 18.9. The highest BCUT2D eigenvalue weighted by molar-refractivity contribution is 5.75. The Morgan fingerprint density at radius 1 is 1.69 bits per heavy atom. The summed E-state index contributed by atoms with van der Waals surface area (Å²) in [4.78, 5) is 11.7. The van der Waals surface area contributed by atoms with E-state index in [0.29, 0.717) is 0 Å². The molecule has 4 N–H and O–H groups in total. The molecule has 0 aliphatic carbocycles. The van der Waals surface area contributed by atoms with Crippen LogP contribution in [0.4, 0.5) is 0 Å². The molecule has 88 valence electrons. The molecule has 0 aliphatic heterocycles. The summed E-state index contributed by atoms with van der Waals surface area (Å²) in [7, 11) is 0. The maximum absolute atomic E-state index is 11.7. The molecule has 0 spiro atoms. The van der Waals surface area contributed by atoms with Gasteiger partial charge in [0.1, 0.15) is 6.02 Å². The van der Waals surface area contributed by atoms with Crippen LogP contribution in [0.3, 0.4) is 0 Å². The van der Waals surface area contributed by atoms with Gasteiger partial charge in [-0.3, -0.25) is 4.79 Å². The van der Waals surface area contributed by atoms with E-state index in [0.717, 1.165) is 0 Å². The quantitative estimate of drug-likeness (QED) is 0.519. The van der Waals surface area contributed by atoms with Crippen LogP contribution in [-0.4, -0.2) is 28.8 Å². The number of phenolic OH excluding ortho intramolecular Hbond substituents is 2. The lowest BCUT2D eigenvalue weighted by Gasteiger charge is -2.10. The predicted octanol–water partition coefficient (Wildman–Crippen LogP) is 0.531. The third-order valence-electron chi connectivity index (χ3n) is 1.53. The minimum atomic E-state index is -3.13. The molecule has 0 bridgehead atoms. The van der Waals surface area contributed by atoms with Crippen LogP contribution < -0.4 is 5.73 Å². The Hall–Kier alpha value is -1.75. The number of nitrogens with two attached hydrogens (primary N) is 1. The van der Waals surface area contributed by atoms with Crippen LogP contribution in [0.1, 0.15) is 20.7 Å². The second-order valence-electron chi connectivity index (χ2n) is 2.71. The van der Waals surface area contributed by atoms with Crippen LogP contribution in [0.2, 0.25) is 0 Å². The number of aromatic hydroxyl groups is 2.